The number of nitrogens with one attached hydrogen (secondary N) is 2. The number of hydrogen-bond donors (Lipinski definition) is 2. The van der Waals surface area contributed by atoms with Crippen LogP contribution in [0.15, 0.2) is 91.0 Å². The largest absolute Gasteiger partial charge is 0.459 e. The molecule has 0 saturated carbocycles. The maximum atomic E-state index is 14.6. The van der Waals surface area contributed by atoms with E-state index in [1.807, 2.05) is 91.0 Å². The minimum absolute atomic E-state index is 0.239. The predicted molar refractivity (Wildman–Crippen MR) is 140 cm³/mol. The van der Waals surface area contributed by atoms with E-state index >= 15 is 0 Å². The van der Waals surface area contributed by atoms with Crippen LogP contribution in [0, 0.1) is 5.92 Å². The molecule has 3 aromatic carbocycles. The fourth-order valence-corrected chi connectivity index (χ4v) is 6.30. The lowest BCUT2D eigenvalue weighted by Gasteiger charge is -2.30. The molecule has 0 heterocycles. The molecule has 2 atom stereocenters. The Morgan fingerprint density at radius 2 is 1.29 bits per heavy atom. The Labute approximate surface area is 207 Å². The molecule has 0 aliphatic heterocycles. The first-order valence-electron chi connectivity index (χ1n) is 11.6. The average molecular weight is 493 g/mol. The lowest BCUT2D eigenvalue weighted by molar-refractivity contribution is -0.154. The van der Waals surface area contributed by atoms with Gasteiger partial charge in [0.1, 0.15) is 12.1 Å². The van der Waals surface area contributed by atoms with Gasteiger partial charge in [0.25, 0.3) is 0 Å². The number of esters is 1. The lowest BCUT2D eigenvalue weighted by atomic mass is 9.94. The lowest BCUT2D eigenvalue weighted by Crippen LogP contribution is -2.42. The molecule has 1 amide bonds. The summed E-state index contributed by atoms with van der Waals surface area (Å²) in [5.41, 5.74) is 0.180. The third-order valence-corrected chi connectivity index (χ3v) is 8.15. The van der Waals surface area contributed by atoms with Gasteiger partial charge in [0.15, 0.2) is 0 Å². The first-order valence-corrected chi connectivity index (χ1v) is 13.3. The highest BCUT2D eigenvalue weighted by molar-refractivity contribution is 7.76. The van der Waals surface area contributed by atoms with Crippen LogP contribution in [0.1, 0.15) is 39.3 Å². The number of amides is 1. The van der Waals surface area contributed by atoms with Gasteiger partial charge in [-0.05, 0) is 50.6 Å². The summed E-state index contributed by atoms with van der Waals surface area (Å²) in [6, 6.07) is 27.3. The Morgan fingerprint density at radius 3 is 1.74 bits per heavy atom. The average Bonchev–Trinajstić information content (AvgIpc) is 2.86. The first-order chi connectivity index (χ1) is 16.6. The maximum Gasteiger partial charge on any atom is 0.325 e. The highest BCUT2D eigenvalue weighted by Crippen LogP contribution is 2.43. The van der Waals surface area contributed by atoms with Crippen molar-refractivity contribution in [1.82, 2.24) is 10.4 Å². The molecule has 0 unspecified atom stereocenters. The zero-order valence-electron chi connectivity index (χ0n) is 20.6. The molecule has 0 saturated heterocycles. The Bertz CT molecular complexity index is 1120. The van der Waals surface area contributed by atoms with Crippen LogP contribution in [0.2, 0.25) is 0 Å². The van der Waals surface area contributed by atoms with Gasteiger partial charge in [-0.2, -0.15) is 0 Å². The summed E-state index contributed by atoms with van der Waals surface area (Å²) in [7, 11) is -3.33. The van der Waals surface area contributed by atoms with E-state index in [4.69, 9.17) is 4.74 Å². The van der Waals surface area contributed by atoms with Crippen molar-refractivity contribution in [2.24, 2.45) is 5.92 Å². The molecule has 0 fully saturated rings. The summed E-state index contributed by atoms with van der Waals surface area (Å²) in [4.78, 5) is 25.3. The Balaban J connectivity index is 1.93. The van der Waals surface area contributed by atoms with Gasteiger partial charge in [-0.15, -0.1) is 0 Å². The van der Waals surface area contributed by atoms with E-state index in [-0.39, 0.29) is 12.5 Å². The third-order valence-electron chi connectivity index (χ3n) is 5.46. The van der Waals surface area contributed by atoms with Crippen LogP contribution in [0.25, 0.3) is 0 Å². The van der Waals surface area contributed by atoms with Gasteiger partial charge in [0.05, 0.1) is 12.0 Å². The SMILES string of the molecule is C[C@H](C(=O)NCC(=O)OC(C)(C)C)[C@H](NP(=O)(c1ccccc1)c1ccccc1)c1ccccc1. The molecule has 35 heavy (non-hydrogen) atoms. The van der Waals surface area contributed by atoms with Gasteiger partial charge in [0, 0.05) is 10.6 Å². The fraction of sp³-hybridized carbons (Fsp3) is 0.286. The molecule has 0 radical (unpaired) electrons. The van der Waals surface area contributed by atoms with E-state index in [1.165, 1.54) is 0 Å². The molecular weight excluding hydrogens is 459 g/mol. The zero-order chi connectivity index (χ0) is 25.5. The fourth-order valence-electron chi connectivity index (χ4n) is 3.75. The van der Waals surface area contributed by atoms with E-state index in [0.717, 1.165) is 5.56 Å². The van der Waals surface area contributed by atoms with Gasteiger partial charge in [-0.25, -0.2) is 0 Å². The monoisotopic (exact) mass is 492 g/mol. The van der Waals surface area contributed by atoms with Gasteiger partial charge >= 0.3 is 5.97 Å². The molecule has 2 N–H and O–H groups in total. The molecule has 0 aromatic heterocycles. The van der Waals surface area contributed by atoms with Crippen LogP contribution in [-0.4, -0.2) is 24.0 Å². The van der Waals surface area contributed by atoms with Gasteiger partial charge in [-0.1, -0.05) is 73.7 Å². The van der Waals surface area contributed by atoms with Crippen molar-refractivity contribution in [2.75, 3.05) is 6.54 Å². The summed E-state index contributed by atoms with van der Waals surface area (Å²) >= 11 is 0. The summed E-state index contributed by atoms with van der Waals surface area (Å²) in [5, 5.41) is 7.34. The number of benzene rings is 3. The maximum absolute atomic E-state index is 14.6. The number of hydrogen-bond acceptors (Lipinski definition) is 4. The minimum atomic E-state index is -3.33. The van der Waals surface area contributed by atoms with Crippen LogP contribution >= 0.6 is 7.29 Å². The van der Waals surface area contributed by atoms with E-state index < -0.39 is 30.8 Å². The molecular formula is C28H33N2O4P. The molecule has 7 heteroatoms. The number of carbonyl (C=O) groups is 2. The molecule has 0 aliphatic carbocycles. The van der Waals surface area contributed by atoms with Crippen molar-refractivity contribution < 1.29 is 18.9 Å². The molecule has 0 spiro atoms. The second-order valence-corrected chi connectivity index (χ2v) is 11.9. The molecule has 3 aromatic rings. The molecule has 6 nitrogen and oxygen atoms in total. The minimum Gasteiger partial charge on any atom is -0.459 e. The van der Waals surface area contributed by atoms with Crippen molar-refractivity contribution in [2.45, 2.75) is 39.3 Å². The molecule has 0 aliphatic rings. The molecule has 3 rings (SSSR count). The van der Waals surface area contributed by atoms with Crippen LogP contribution < -0.4 is 21.0 Å². The summed E-state index contributed by atoms with van der Waals surface area (Å²) in [5.74, 6) is -1.49. The van der Waals surface area contributed by atoms with Crippen molar-refractivity contribution in [3.05, 3.63) is 96.6 Å². The van der Waals surface area contributed by atoms with Crippen LogP contribution in [0.4, 0.5) is 0 Å². The van der Waals surface area contributed by atoms with Crippen molar-refractivity contribution >= 4 is 29.8 Å². The summed E-state index contributed by atoms with van der Waals surface area (Å²) < 4.78 is 19.9. The first kappa shape index (κ1) is 26.4. The highest BCUT2D eigenvalue weighted by Gasteiger charge is 2.35. The van der Waals surface area contributed by atoms with Crippen molar-refractivity contribution in [3.8, 4) is 0 Å². The second kappa shape index (κ2) is 11.5. The van der Waals surface area contributed by atoms with Gasteiger partial charge in [-0.3, -0.25) is 19.2 Å². The van der Waals surface area contributed by atoms with Crippen LogP contribution in [-0.2, 0) is 18.9 Å². The van der Waals surface area contributed by atoms with Crippen molar-refractivity contribution in [3.63, 3.8) is 0 Å². The zero-order valence-corrected chi connectivity index (χ0v) is 21.5. The Kier molecular flexibility index (Phi) is 8.66. The molecule has 0 bridgehead atoms. The standard InChI is InChI=1S/C28H33N2O4P/c1-21(27(32)29-20-25(31)34-28(2,3)4)26(22-14-8-5-9-15-22)30-35(33,23-16-10-6-11-17-23)24-18-12-7-13-19-24/h5-19,21,26H,20H2,1-4H3,(H,29,32)(H,30,33)/t21-,26-/m0/s1. The normalized spacial score (nSPS) is 13.5. The van der Waals surface area contributed by atoms with E-state index in [2.05, 4.69) is 10.4 Å². The van der Waals surface area contributed by atoms with Crippen molar-refractivity contribution in [1.29, 1.82) is 0 Å². The van der Waals surface area contributed by atoms with E-state index in [0.29, 0.717) is 10.6 Å². The third kappa shape index (κ3) is 7.14. The summed E-state index contributed by atoms with van der Waals surface area (Å²) in [6.45, 7) is 6.84. The number of carbonyl (C=O) groups excluding carboxylic acids is 2. The topological polar surface area (TPSA) is 84.5 Å². The number of ether oxygens (including phenoxy) is 1. The second-order valence-electron chi connectivity index (χ2n) is 9.39. The van der Waals surface area contributed by atoms with Gasteiger partial charge in [0.2, 0.25) is 13.2 Å². The Hall–Kier alpha value is -3.21. The van der Waals surface area contributed by atoms with Gasteiger partial charge < -0.3 is 10.1 Å². The summed E-state index contributed by atoms with van der Waals surface area (Å²) in [6.07, 6.45) is 0. The Morgan fingerprint density at radius 1 is 0.829 bits per heavy atom. The van der Waals surface area contributed by atoms with Crippen LogP contribution in [0.5, 0.6) is 0 Å². The number of rotatable bonds is 9. The smallest absolute Gasteiger partial charge is 0.325 e. The van der Waals surface area contributed by atoms with Crippen LogP contribution in [0.3, 0.4) is 0 Å². The highest BCUT2D eigenvalue weighted by atomic mass is 31.2. The predicted octanol–water partition coefficient (Wildman–Crippen LogP) is 4.34. The van der Waals surface area contributed by atoms with E-state index in [9.17, 15) is 14.2 Å². The quantitative estimate of drug-likeness (QED) is 0.343. The molecule has 184 valence electrons. The van der Waals surface area contributed by atoms with E-state index in [1.54, 1.807) is 27.7 Å².